The van der Waals surface area contributed by atoms with E-state index in [4.69, 9.17) is 4.74 Å². The molecule has 0 aromatic heterocycles. The highest BCUT2D eigenvalue weighted by Crippen LogP contribution is 2.49. The third kappa shape index (κ3) is 5.62. The van der Waals surface area contributed by atoms with E-state index in [-0.39, 0.29) is 10.9 Å². The zero-order valence-corrected chi connectivity index (χ0v) is 21.1. The first kappa shape index (κ1) is 24.1. The van der Waals surface area contributed by atoms with E-state index in [0.29, 0.717) is 6.61 Å². The fourth-order valence-electron chi connectivity index (χ4n) is 4.69. The Morgan fingerprint density at radius 2 is 0.889 bits per heavy atom. The molecule has 36 heavy (non-hydrogen) atoms. The minimum atomic E-state index is -0.290. The Hall–Kier alpha value is -3.59. The molecule has 0 saturated heterocycles. The van der Waals surface area contributed by atoms with Gasteiger partial charge in [-0.2, -0.15) is 0 Å². The number of rotatable bonds is 10. The Kier molecular flexibility index (Phi) is 7.97. The lowest BCUT2D eigenvalue weighted by Crippen LogP contribution is -2.26. The molecule has 5 aromatic rings. The van der Waals surface area contributed by atoms with Crippen LogP contribution in [-0.2, 0) is 9.48 Å². The second kappa shape index (κ2) is 11.9. The van der Waals surface area contributed by atoms with Gasteiger partial charge in [0.2, 0.25) is 0 Å². The Bertz CT molecular complexity index is 1230. The fraction of sp³-hybridized carbons (Fsp3) is 0.118. The second-order valence-corrected chi connectivity index (χ2v) is 10.2. The molecule has 5 aromatic carbocycles. The molecule has 5 rings (SSSR count). The largest absolute Gasteiger partial charge is 0.369 e. The van der Waals surface area contributed by atoms with E-state index in [2.05, 4.69) is 152 Å². The molecule has 178 valence electrons. The zero-order chi connectivity index (χ0) is 24.5. The van der Waals surface area contributed by atoms with Crippen LogP contribution in [0.15, 0.2) is 157 Å². The van der Waals surface area contributed by atoms with Gasteiger partial charge in [-0.3, -0.25) is 0 Å². The molecule has 0 aliphatic carbocycles. The van der Waals surface area contributed by atoms with E-state index in [0.717, 1.165) is 6.42 Å². The van der Waals surface area contributed by atoms with Crippen molar-refractivity contribution >= 4 is 11.8 Å². The predicted octanol–water partition coefficient (Wildman–Crippen LogP) is 8.92. The third-order valence-corrected chi connectivity index (χ3v) is 7.99. The van der Waals surface area contributed by atoms with Crippen molar-refractivity contribution in [2.45, 2.75) is 22.2 Å². The van der Waals surface area contributed by atoms with Gasteiger partial charge >= 0.3 is 0 Å². The number of hydrogen-bond acceptors (Lipinski definition) is 2. The smallest absolute Gasteiger partial charge is 0.108 e. The van der Waals surface area contributed by atoms with E-state index >= 15 is 0 Å². The summed E-state index contributed by atoms with van der Waals surface area (Å²) in [5.41, 5.74) is 4.91. The molecule has 0 bridgehead atoms. The van der Waals surface area contributed by atoms with Crippen molar-refractivity contribution in [1.82, 2.24) is 0 Å². The lowest BCUT2D eigenvalue weighted by Gasteiger charge is -2.35. The van der Waals surface area contributed by atoms with Crippen molar-refractivity contribution < 1.29 is 4.74 Å². The van der Waals surface area contributed by atoms with Gasteiger partial charge in [0, 0.05) is 11.5 Å². The van der Waals surface area contributed by atoms with Gasteiger partial charge in [0.15, 0.2) is 0 Å². The minimum Gasteiger partial charge on any atom is -0.369 e. The van der Waals surface area contributed by atoms with Crippen molar-refractivity contribution in [1.29, 1.82) is 0 Å². The van der Waals surface area contributed by atoms with Crippen molar-refractivity contribution in [3.63, 3.8) is 0 Å². The molecular formula is C34H30OS. The monoisotopic (exact) mass is 486 g/mol. The van der Waals surface area contributed by atoms with E-state index in [1.807, 2.05) is 11.8 Å². The predicted molar refractivity (Wildman–Crippen MR) is 151 cm³/mol. The van der Waals surface area contributed by atoms with Gasteiger partial charge in [-0.05, 0) is 40.8 Å². The lowest BCUT2D eigenvalue weighted by atomic mass is 9.87. The van der Waals surface area contributed by atoms with Crippen molar-refractivity contribution in [3.8, 4) is 0 Å². The molecular weight excluding hydrogens is 456 g/mol. The van der Waals surface area contributed by atoms with E-state index in [9.17, 15) is 0 Å². The highest BCUT2D eigenvalue weighted by atomic mass is 32.2. The zero-order valence-electron chi connectivity index (χ0n) is 20.2. The highest BCUT2D eigenvalue weighted by molar-refractivity contribution is 8.00. The summed E-state index contributed by atoms with van der Waals surface area (Å²) in [5.74, 6) is 0. The summed E-state index contributed by atoms with van der Waals surface area (Å²) in [5, 5.41) is 0. The van der Waals surface area contributed by atoms with E-state index in [1.165, 1.54) is 27.1 Å². The van der Waals surface area contributed by atoms with Crippen LogP contribution in [0.5, 0.6) is 0 Å². The number of benzene rings is 5. The van der Waals surface area contributed by atoms with E-state index < -0.39 is 0 Å². The van der Waals surface area contributed by atoms with Crippen LogP contribution in [0.1, 0.15) is 34.8 Å². The molecule has 0 heterocycles. The van der Waals surface area contributed by atoms with Crippen LogP contribution < -0.4 is 0 Å². The first-order valence-corrected chi connectivity index (χ1v) is 13.2. The SMILES string of the molecule is c1ccc(SC(CCOC(c2ccccc2)c2ccccc2)(c2ccccc2)c2ccccc2)cc1. The Labute approximate surface area is 218 Å². The molecule has 0 fully saturated rings. The van der Waals surface area contributed by atoms with Crippen molar-refractivity contribution in [3.05, 3.63) is 174 Å². The van der Waals surface area contributed by atoms with Gasteiger partial charge in [0.1, 0.15) is 6.10 Å². The number of hydrogen-bond donors (Lipinski definition) is 0. The Balaban J connectivity index is 1.51. The molecule has 0 aliphatic heterocycles. The van der Waals surface area contributed by atoms with Gasteiger partial charge in [-0.1, -0.05) is 140 Å². The summed E-state index contributed by atoms with van der Waals surface area (Å²) in [6.07, 6.45) is 0.717. The van der Waals surface area contributed by atoms with Crippen LogP contribution in [0.4, 0.5) is 0 Å². The number of thioether (sulfide) groups is 1. The van der Waals surface area contributed by atoms with Gasteiger partial charge in [-0.15, -0.1) is 11.8 Å². The molecule has 1 nitrogen and oxygen atoms in total. The standard InChI is InChI=1S/C34H30OS/c1-6-16-28(17-7-1)33(29-18-8-2-9-19-29)35-27-26-34(30-20-10-3-11-21-30,31-22-12-4-13-23-31)36-32-24-14-5-15-25-32/h1-25,33H,26-27H2. The first-order chi connectivity index (χ1) is 17.9. The average Bonchev–Trinajstić information content (AvgIpc) is 2.97. The molecule has 0 saturated carbocycles. The van der Waals surface area contributed by atoms with Gasteiger partial charge < -0.3 is 4.74 Å². The molecule has 0 unspecified atom stereocenters. The minimum absolute atomic E-state index is 0.113. The molecule has 2 heteroatoms. The quantitative estimate of drug-likeness (QED) is 0.182. The van der Waals surface area contributed by atoms with Crippen LogP contribution in [0.3, 0.4) is 0 Å². The molecule has 0 aliphatic rings. The molecule has 0 N–H and O–H groups in total. The second-order valence-electron chi connectivity index (χ2n) is 8.80. The summed E-state index contributed by atoms with van der Waals surface area (Å²) in [6.45, 7) is 0.609. The normalized spacial score (nSPS) is 11.5. The summed E-state index contributed by atoms with van der Waals surface area (Å²) in [7, 11) is 0. The topological polar surface area (TPSA) is 9.23 Å². The number of ether oxygens (including phenoxy) is 1. The third-order valence-electron chi connectivity index (χ3n) is 6.46. The molecule has 0 spiro atoms. The fourth-order valence-corrected chi connectivity index (χ4v) is 6.08. The van der Waals surface area contributed by atoms with Gasteiger partial charge in [0.25, 0.3) is 0 Å². The maximum Gasteiger partial charge on any atom is 0.108 e. The lowest BCUT2D eigenvalue weighted by molar-refractivity contribution is 0.0744. The highest BCUT2D eigenvalue weighted by Gasteiger charge is 2.35. The van der Waals surface area contributed by atoms with Crippen molar-refractivity contribution in [2.75, 3.05) is 6.61 Å². The van der Waals surface area contributed by atoms with Gasteiger partial charge in [-0.25, -0.2) is 0 Å². The van der Waals surface area contributed by atoms with Gasteiger partial charge in [0.05, 0.1) is 4.75 Å². The van der Waals surface area contributed by atoms with Crippen LogP contribution in [0, 0.1) is 0 Å². The molecule has 0 amide bonds. The summed E-state index contributed by atoms with van der Waals surface area (Å²) >= 11 is 1.91. The van der Waals surface area contributed by atoms with E-state index in [1.54, 1.807) is 0 Å². The Morgan fingerprint density at radius 3 is 1.33 bits per heavy atom. The summed E-state index contributed by atoms with van der Waals surface area (Å²) in [6, 6.07) is 53.4. The Morgan fingerprint density at radius 1 is 0.500 bits per heavy atom. The molecule has 0 atom stereocenters. The summed E-state index contributed by atoms with van der Waals surface area (Å²) in [4.78, 5) is 1.24. The average molecular weight is 487 g/mol. The summed E-state index contributed by atoms with van der Waals surface area (Å²) < 4.78 is 6.45. The van der Waals surface area contributed by atoms with Crippen LogP contribution >= 0.6 is 11.8 Å². The first-order valence-electron chi connectivity index (χ1n) is 12.4. The van der Waals surface area contributed by atoms with Crippen LogP contribution in [0.25, 0.3) is 0 Å². The molecule has 0 radical (unpaired) electrons. The van der Waals surface area contributed by atoms with Crippen LogP contribution in [0.2, 0.25) is 0 Å². The van der Waals surface area contributed by atoms with Crippen LogP contribution in [-0.4, -0.2) is 6.61 Å². The van der Waals surface area contributed by atoms with Crippen molar-refractivity contribution in [2.24, 2.45) is 0 Å². The maximum atomic E-state index is 6.74. The maximum absolute atomic E-state index is 6.74.